The van der Waals surface area contributed by atoms with E-state index in [0.717, 1.165) is 47.4 Å². The van der Waals surface area contributed by atoms with E-state index in [1.54, 1.807) is 26.8 Å². The highest BCUT2D eigenvalue weighted by molar-refractivity contribution is 14.0. The molecule has 0 saturated carbocycles. The summed E-state index contributed by atoms with van der Waals surface area (Å²) in [6.07, 6.45) is 4.27. The lowest BCUT2D eigenvalue weighted by atomic mass is 10.1. The lowest BCUT2D eigenvalue weighted by Gasteiger charge is -2.24. The van der Waals surface area contributed by atoms with Gasteiger partial charge in [-0.25, -0.2) is 4.99 Å². The molecular formula is C23H33IN6O3. The summed E-state index contributed by atoms with van der Waals surface area (Å²) in [6.45, 7) is 6.69. The fourth-order valence-corrected chi connectivity index (χ4v) is 3.42. The Balaban J connectivity index is 0.00000385. The summed E-state index contributed by atoms with van der Waals surface area (Å²) < 4.78 is 18.4. The Kier molecular flexibility index (Phi) is 10.5. The standard InChI is InChI=1S/C23H32N6O3.HI/c1-6-22-27-26-16-29(22)10-9-24-23(25-14-19-8-7-11-32-19)28(3)15-18-13-21(31-5)20(30-4)12-17(18)2;/h7-8,11-13,16H,6,9-10,14-15H2,1-5H3,(H,24,25);1H. The van der Waals surface area contributed by atoms with Crippen molar-refractivity contribution in [1.82, 2.24) is 25.0 Å². The number of benzene rings is 1. The van der Waals surface area contributed by atoms with Crippen LogP contribution in [0, 0.1) is 6.92 Å². The maximum Gasteiger partial charge on any atom is 0.194 e. The second kappa shape index (κ2) is 13.1. The van der Waals surface area contributed by atoms with Gasteiger partial charge in [-0.1, -0.05) is 6.92 Å². The molecule has 0 unspecified atom stereocenters. The summed E-state index contributed by atoms with van der Waals surface area (Å²) in [5.41, 5.74) is 2.25. The molecule has 0 aliphatic heterocycles. The molecule has 3 rings (SSSR count). The number of halogens is 1. The highest BCUT2D eigenvalue weighted by Gasteiger charge is 2.13. The molecule has 0 saturated heterocycles. The Hall–Kier alpha value is -2.76. The van der Waals surface area contributed by atoms with E-state index in [9.17, 15) is 0 Å². The van der Waals surface area contributed by atoms with Crippen molar-refractivity contribution in [2.75, 3.05) is 27.8 Å². The van der Waals surface area contributed by atoms with Crippen LogP contribution in [0.2, 0.25) is 0 Å². The average molecular weight is 568 g/mol. The Morgan fingerprint density at radius 3 is 2.67 bits per heavy atom. The van der Waals surface area contributed by atoms with Gasteiger partial charge in [0.25, 0.3) is 0 Å². The van der Waals surface area contributed by atoms with Crippen LogP contribution in [0.4, 0.5) is 0 Å². The van der Waals surface area contributed by atoms with E-state index in [0.29, 0.717) is 25.4 Å². The van der Waals surface area contributed by atoms with Crippen molar-refractivity contribution >= 4 is 29.9 Å². The summed E-state index contributed by atoms with van der Waals surface area (Å²) in [5.74, 6) is 3.99. The topological polar surface area (TPSA) is 89.9 Å². The number of rotatable bonds is 10. The average Bonchev–Trinajstić information content (AvgIpc) is 3.48. The molecule has 0 spiro atoms. The number of nitrogens with one attached hydrogen (secondary N) is 1. The zero-order chi connectivity index (χ0) is 22.9. The number of furan rings is 1. The molecule has 33 heavy (non-hydrogen) atoms. The first kappa shape index (κ1) is 26.5. The van der Waals surface area contributed by atoms with Crippen molar-refractivity contribution < 1.29 is 13.9 Å². The molecule has 0 amide bonds. The maximum absolute atomic E-state index is 5.48. The molecule has 9 nitrogen and oxygen atoms in total. The van der Waals surface area contributed by atoms with Crippen molar-refractivity contribution in [3.05, 3.63) is 59.6 Å². The third kappa shape index (κ3) is 7.11. The smallest absolute Gasteiger partial charge is 0.194 e. The van der Waals surface area contributed by atoms with Gasteiger partial charge in [-0.3, -0.25) is 0 Å². The number of methoxy groups -OCH3 is 2. The van der Waals surface area contributed by atoms with Gasteiger partial charge in [0.1, 0.15) is 24.5 Å². The van der Waals surface area contributed by atoms with Crippen LogP contribution >= 0.6 is 24.0 Å². The maximum atomic E-state index is 5.48. The molecular weight excluding hydrogens is 535 g/mol. The Morgan fingerprint density at radius 1 is 1.24 bits per heavy atom. The second-order valence-electron chi connectivity index (χ2n) is 7.43. The fraction of sp³-hybridized carbons (Fsp3) is 0.435. The molecule has 2 aromatic heterocycles. The zero-order valence-corrected chi connectivity index (χ0v) is 22.2. The quantitative estimate of drug-likeness (QED) is 0.227. The van der Waals surface area contributed by atoms with Gasteiger partial charge in [-0.15, -0.1) is 34.2 Å². The van der Waals surface area contributed by atoms with E-state index < -0.39 is 0 Å². The molecule has 2 heterocycles. The summed E-state index contributed by atoms with van der Waals surface area (Å²) in [4.78, 5) is 6.86. The van der Waals surface area contributed by atoms with E-state index in [1.807, 2.05) is 31.3 Å². The fourth-order valence-electron chi connectivity index (χ4n) is 3.42. The summed E-state index contributed by atoms with van der Waals surface area (Å²) >= 11 is 0. The number of aromatic nitrogens is 3. The molecule has 3 aromatic rings. The lowest BCUT2D eigenvalue weighted by molar-refractivity contribution is 0.353. The monoisotopic (exact) mass is 568 g/mol. The largest absolute Gasteiger partial charge is 0.493 e. The first-order chi connectivity index (χ1) is 15.5. The van der Waals surface area contributed by atoms with E-state index in [4.69, 9.17) is 18.9 Å². The Morgan fingerprint density at radius 2 is 2.00 bits per heavy atom. The summed E-state index contributed by atoms with van der Waals surface area (Å²) in [7, 11) is 5.31. The highest BCUT2D eigenvalue weighted by Crippen LogP contribution is 2.30. The molecule has 1 N–H and O–H groups in total. The van der Waals surface area contributed by atoms with Crippen LogP contribution in [0.1, 0.15) is 29.6 Å². The molecule has 0 radical (unpaired) electrons. The number of guanidine groups is 1. The molecule has 180 valence electrons. The van der Waals surface area contributed by atoms with Crippen LogP contribution < -0.4 is 14.8 Å². The number of nitrogens with zero attached hydrogens (tertiary/aromatic N) is 5. The minimum Gasteiger partial charge on any atom is -0.493 e. The van der Waals surface area contributed by atoms with Crippen molar-refractivity contribution in [2.24, 2.45) is 4.99 Å². The SMILES string of the molecule is CCc1nncn1CCNC(=NCc1ccco1)N(C)Cc1cc(OC)c(OC)cc1C.I. The summed E-state index contributed by atoms with van der Waals surface area (Å²) in [6, 6.07) is 7.80. The van der Waals surface area contributed by atoms with E-state index in [2.05, 4.69) is 38.8 Å². The molecule has 0 fully saturated rings. The van der Waals surface area contributed by atoms with E-state index in [1.165, 1.54) is 0 Å². The highest BCUT2D eigenvalue weighted by atomic mass is 127. The third-order valence-corrected chi connectivity index (χ3v) is 5.22. The third-order valence-electron chi connectivity index (χ3n) is 5.22. The van der Waals surface area contributed by atoms with Crippen molar-refractivity contribution in [2.45, 2.75) is 39.9 Å². The molecule has 0 aliphatic rings. The number of hydrogen-bond acceptors (Lipinski definition) is 6. The first-order valence-electron chi connectivity index (χ1n) is 10.7. The van der Waals surface area contributed by atoms with Gasteiger partial charge in [-0.2, -0.15) is 0 Å². The van der Waals surface area contributed by atoms with Gasteiger partial charge in [0.2, 0.25) is 0 Å². The second-order valence-corrected chi connectivity index (χ2v) is 7.43. The molecule has 0 aliphatic carbocycles. The van der Waals surface area contributed by atoms with Crippen LogP contribution in [0.5, 0.6) is 11.5 Å². The van der Waals surface area contributed by atoms with Crippen LogP contribution in [-0.2, 0) is 26.1 Å². The van der Waals surface area contributed by atoms with Crippen molar-refractivity contribution in [3.63, 3.8) is 0 Å². The predicted molar refractivity (Wildman–Crippen MR) is 138 cm³/mol. The zero-order valence-electron chi connectivity index (χ0n) is 19.9. The van der Waals surface area contributed by atoms with Crippen molar-refractivity contribution in [1.29, 1.82) is 0 Å². The lowest BCUT2D eigenvalue weighted by Crippen LogP contribution is -2.40. The van der Waals surface area contributed by atoms with Gasteiger partial charge in [0.05, 0.1) is 20.5 Å². The number of ether oxygens (including phenoxy) is 2. The minimum absolute atomic E-state index is 0. The van der Waals surface area contributed by atoms with Crippen LogP contribution in [0.3, 0.4) is 0 Å². The van der Waals surface area contributed by atoms with Crippen LogP contribution in [-0.4, -0.2) is 53.4 Å². The van der Waals surface area contributed by atoms with Crippen molar-refractivity contribution in [3.8, 4) is 11.5 Å². The van der Waals surface area contributed by atoms with Crippen LogP contribution in [0.25, 0.3) is 0 Å². The molecule has 1 aromatic carbocycles. The van der Waals surface area contributed by atoms with Gasteiger partial charge in [0, 0.05) is 33.1 Å². The molecule has 0 atom stereocenters. The Labute approximate surface area is 212 Å². The molecule has 0 bridgehead atoms. The first-order valence-corrected chi connectivity index (χ1v) is 10.7. The Bertz CT molecular complexity index is 1020. The molecule has 10 heteroatoms. The van der Waals surface area contributed by atoms with Crippen LogP contribution in [0.15, 0.2) is 46.3 Å². The number of aryl methyl sites for hydroxylation is 2. The van der Waals surface area contributed by atoms with Gasteiger partial charge in [-0.05, 0) is 42.3 Å². The van der Waals surface area contributed by atoms with Gasteiger partial charge >= 0.3 is 0 Å². The van der Waals surface area contributed by atoms with E-state index >= 15 is 0 Å². The van der Waals surface area contributed by atoms with Gasteiger partial charge in [0.15, 0.2) is 17.5 Å². The van der Waals surface area contributed by atoms with E-state index in [-0.39, 0.29) is 24.0 Å². The normalized spacial score (nSPS) is 11.1. The minimum atomic E-state index is 0. The number of aliphatic imine (C=N–C) groups is 1. The summed E-state index contributed by atoms with van der Waals surface area (Å²) in [5, 5.41) is 11.6. The number of hydrogen-bond donors (Lipinski definition) is 1. The van der Waals surface area contributed by atoms with Gasteiger partial charge < -0.3 is 28.7 Å². The predicted octanol–water partition coefficient (Wildman–Crippen LogP) is 3.65.